The van der Waals surface area contributed by atoms with Crippen LogP contribution in [0.5, 0.6) is 0 Å². The SMILES string of the molecule is CC(=O)NC1C(O)[C@H](O[C@@H]2OC(CO[C@]3(OC=O)C[C@H](O)[C@@H](C)C([C@H](O)[C@@H](O)CO)O3)[C@H](O)[C@H](O)C2O)[C@@H](CO)O[C@@H]1OC1[C@H](OC2O[C@@H](O[C@H]3C(CO)O[C@@H](O[C@H]4C(CO)O[C@@H](C)C(NC(C)=O)[C@H]4O)C(NC(C)=O)[C@H]3O)C(O)[C@@H](O[C@@H]3O[C@H](CO)[C@H](O)C(O)C3O[C@@H]3OC(CO)[C@H](O)[C@H](O)C3NC(C)=O)[C@H]2O)OC(CO)[C@H](O)[C@@H]1O. The maximum atomic E-state index is 13.2. The Bertz CT molecular complexity index is 3160. The fraction of sp³-hybridized carbons (Fsp3) is 0.924. The Kier molecular flexibility index (Phi) is 34.6. The van der Waals surface area contributed by atoms with Crippen LogP contribution in [0.25, 0.3) is 0 Å². The van der Waals surface area contributed by atoms with Gasteiger partial charge in [0.1, 0.15) is 195 Å². The smallest absolute Gasteiger partial charge is 0.332 e. The molecule has 9 aliphatic rings. The Hall–Kier alpha value is -4.29. The molecule has 0 aromatic carbocycles. The normalized spacial score (nSPS) is 47.8. The topological polar surface area (TPSA) is 785 Å². The molecule has 28 N–H and O–H groups in total. The first kappa shape index (κ1) is 96.5. The molecular weight excluding hydrogens is 1600 g/mol. The summed E-state index contributed by atoms with van der Waals surface area (Å²) in [5, 5.41) is 279. The van der Waals surface area contributed by atoms with Crippen molar-refractivity contribution >= 4 is 30.1 Å². The lowest BCUT2D eigenvalue weighted by Crippen LogP contribution is -2.71. The van der Waals surface area contributed by atoms with Crippen LogP contribution in [0.1, 0.15) is 48.0 Å². The minimum absolute atomic E-state index is 0.191. The van der Waals surface area contributed by atoms with E-state index in [0.717, 1.165) is 27.7 Å². The first-order valence-electron chi connectivity index (χ1n) is 37.4. The number of ether oxygens (including phenoxy) is 18. The number of nitrogens with one attached hydrogen (secondary N) is 4. The zero-order valence-corrected chi connectivity index (χ0v) is 63.5. The number of hydrogen-bond donors (Lipinski definition) is 28. The molecule has 17 unspecified atom stereocenters. The van der Waals surface area contributed by atoms with Gasteiger partial charge in [0.25, 0.3) is 6.47 Å². The van der Waals surface area contributed by atoms with Crippen LogP contribution in [0.15, 0.2) is 0 Å². The van der Waals surface area contributed by atoms with E-state index in [0.29, 0.717) is 0 Å². The highest BCUT2D eigenvalue weighted by atomic mass is 16.9. The van der Waals surface area contributed by atoms with Crippen LogP contribution in [0.3, 0.4) is 0 Å². The molecule has 0 spiro atoms. The third kappa shape index (κ3) is 21.6. The van der Waals surface area contributed by atoms with Crippen molar-refractivity contribution < 1.29 is 232 Å². The molecule has 0 aromatic rings. The molecule has 0 bridgehead atoms. The molecule has 9 heterocycles. The van der Waals surface area contributed by atoms with Crippen molar-refractivity contribution in [3.63, 3.8) is 0 Å². The van der Waals surface area contributed by atoms with Gasteiger partial charge in [-0.3, -0.25) is 24.0 Å². The van der Waals surface area contributed by atoms with E-state index >= 15 is 0 Å². The zero-order valence-electron chi connectivity index (χ0n) is 63.5. The second kappa shape index (κ2) is 41.9. The molecule has 9 fully saturated rings. The van der Waals surface area contributed by atoms with Gasteiger partial charge in [0.15, 0.2) is 50.3 Å². The second-order valence-corrected chi connectivity index (χ2v) is 29.8. The summed E-state index contributed by atoms with van der Waals surface area (Å²) in [7, 11) is 0. The quantitative estimate of drug-likeness (QED) is 0.0220. The minimum atomic E-state index is -2.67. The van der Waals surface area contributed by atoms with E-state index in [-0.39, 0.29) is 6.47 Å². The number of carbonyl (C=O) groups excluding carboxylic acids is 5. The lowest BCUT2D eigenvalue weighted by atomic mass is 9.87. The molecule has 9 saturated heterocycles. The Balaban J connectivity index is 1.04. The highest BCUT2D eigenvalue weighted by Crippen LogP contribution is 2.42. The summed E-state index contributed by atoms with van der Waals surface area (Å²) in [6, 6.07) is -7.00. The highest BCUT2D eigenvalue weighted by Gasteiger charge is 2.62. The lowest BCUT2D eigenvalue weighted by Gasteiger charge is -2.51. The van der Waals surface area contributed by atoms with E-state index in [2.05, 4.69) is 21.3 Å². The number of hydrogen-bond acceptors (Lipinski definition) is 47. The second-order valence-electron chi connectivity index (χ2n) is 29.8. The first-order valence-corrected chi connectivity index (χ1v) is 37.4. The number of aliphatic hydroxyl groups excluding tert-OH is 24. The van der Waals surface area contributed by atoms with Gasteiger partial charge in [-0.05, 0) is 6.92 Å². The molecule has 9 aliphatic heterocycles. The van der Waals surface area contributed by atoms with Gasteiger partial charge in [-0.15, -0.1) is 0 Å². The minimum Gasteiger partial charge on any atom is -0.410 e. The fourth-order valence-electron chi connectivity index (χ4n) is 15.2. The molecule has 46 atom stereocenters. The van der Waals surface area contributed by atoms with Crippen LogP contribution < -0.4 is 21.3 Å². The zero-order chi connectivity index (χ0) is 86.4. The van der Waals surface area contributed by atoms with E-state index in [4.69, 9.17) is 85.3 Å². The summed E-state index contributed by atoms with van der Waals surface area (Å²) in [4.78, 5) is 62.9. The Morgan fingerprint density at radius 2 is 0.718 bits per heavy atom. The third-order valence-corrected chi connectivity index (χ3v) is 21.6. The summed E-state index contributed by atoms with van der Waals surface area (Å²) in [6.45, 7) is -2.15. The molecular formula is C66H110N4O47. The molecule has 676 valence electrons. The highest BCUT2D eigenvalue weighted by molar-refractivity contribution is 5.74. The fourth-order valence-corrected chi connectivity index (χ4v) is 15.2. The van der Waals surface area contributed by atoms with Crippen molar-refractivity contribution in [3.05, 3.63) is 0 Å². The van der Waals surface area contributed by atoms with Crippen LogP contribution in [0.4, 0.5) is 0 Å². The predicted octanol–water partition coefficient (Wildman–Crippen LogP) is -18.5. The van der Waals surface area contributed by atoms with Gasteiger partial charge in [0.2, 0.25) is 23.6 Å². The number of carbonyl (C=O) groups is 5. The summed E-state index contributed by atoms with van der Waals surface area (Å²) < 4.78 is 107. The molecule has 0 aromatic heterocycles. The standard InChI is InChI=1S/C66H110N4O47/c1-17-23(83)7-66(101-16-78,117-51(17)36(85)24(84)8-71)100-15-31-40(89)45(94)48(97)61(108-31)110-53-29(13-76)107-60(35(44(53)93)70-22(6)82)114-57-47(96)39(88)27(11-74)105-65(57)116-63-50(99)55(112-64-56(46(95)38(87)26(10-73)104-64)113-58-33(68-20(4)80)41(90)37(86)25(9-72)103-58)49(98)62(115-63)111-54-30(14-77)106-59(34(43(54)92)69-21(5)81)109-52-28(12-75)102-18(2)32(42(52)91)67-19(3)79/h16-18,23-65,71-77,83-99H,7-15H2,1-6H3,(H,67,79)(H,68,80)(H,69,81)(H,70,82)/t17-,18+,23+,24+,25?,26-,27?,28?,29-,30?,31?,32?,33?,34?,35?,36-,37+,38+,39+,40+,41-,42-,43-,44?,45+,46?,47+,48?,49?,50-,51?,52+,53-,54+,55-,56?,57?,58+,59+,60-,61+,62-,63?,64+,65+,66+/m1/s1. The number of aliphatic hydroxyl groups is 24. The van der Waals surface area contributed by atoms with Crippen LogP contribution in [0.2, 0.25) is 0 Å². The Morgan fingerprint density at radius 1 is 0.376 bits per heavy atom. The van der Waals surface area contributed by atoms with Crippen LogP contribution in [-0.4, -0.2) is 481 Å². The summed E-state index contributed by atoms with van der Waals surface area (Å²) >= 11 is 0. The number of amides is 4. The average Bonchev–Trinajstić information content (AvgIpc) is 0.762. The monoisotopic (exact) mass is 1710 g/mol. The van der Waals surface area contributed by atoms with Crippen molar-refractivity contribution in [2.24, 2.45) is 5.92 Å². The molecule has 51 nitrogen and oxygen atoms in total. The van der Waals surface area contributed by atoms with Crippen molar-refractivity contribution in [1.29, 1.82) is 0 Å². The van der Waals surface area contributed by atoms with Crippen LogP contribution in [-0.2, 0) is 109 Å². The third-order valence-electron chi connectivity index (χ3n) is 21.6. The van der Waals surface area contributed by atoms with Crippen LogP contribution >= 0.6 is 0 Å². The molecule has 0 aliphatic carbocycles. The molecule has 117 heavy (non-hydrogen) atoms. The van der Waals surface area contributed by atoms with Crippen molar-refractivity contribution in [2.75, 3.05) is 52.9 Å². The molecule has 0 saturated carbocycles. The largest absolute Gasteiger partial charge is 0.410 e. The maximum Gasteiger partial charge on any atom is 0.332 e. The Labute approximate surface area is 664 Å². The van der Waals surface area contributed by atoms with E-state index < -0.39 is 365 Å². The summed E-state index contributed by atoms with van der Waals surface area (Å²) in [5.41, 5.74) is 0. The predicted molar refractivity (Wildman–Crippen MR) is 362 cm³/mol. The molecule has 4 amide bonds. The van der Waals surface area contributed by atoms with E-state index in [1.54, 1.807) is 0 Å². The van der Waals surface area contributed by atoms with Gasteiger partial charge in [0.05, 0.1) is 83.6 Å². The van der Waals surface area contributed by atoms with Crippen molar-refractivity contribution in [1.82, 2.24) is 21.3 Å². The van der Waals surface area contributed by atoms with E-state index in [1.807, 2.05) is 0 Å². The van der Waals surface area contributed by atoms with E-state index in [9.17, 15) is 147 Å². The molecule has 51 heteroatoms. The van der Waals surface area contributed by atoms with Gasteiger partial charge in [-0.25, -0.2) is 0 Å². The number of rotatable bonds is 32. The van der Waals surface area contributed by atoms with Crippen molar-refractivity contribution in [3.8, 4) is 0 Å². The Morgan fingerprint density at radius 3 is 1.15 bits per heavy atom. The summed E-state index contributed by atoms with van der Waals surface area (Å²) in [6.07, 6.45) is -84.8. The van der Waals surface area contributed by atoms with Crippen molar-refractivity contribution in [2.45, 2.75) is 324 Å². The van der Waals surface area contributed by atoms with Gasteiger partial charge in [-0.2, -0.15) is 0 Å². The lowest BCUT2D eigenvalue weighted by molar-refractivity contribution is -0.433. The van der Waals surface area contributed by atoms with Gasteiger partial charge in [0, 0.05) is 33.6 Å². The first-order chi connectivity index (χ1) is 55.3. The maximum absolute atomic E-state index is 13.2. The van der Waals surface area contributed by atoms with E-state index in [1.165, 1.54) is 13.8 Å². The summed E-state index contributed by atoms with van der Waals surface area (Å²) in [5.74, 6) is -7.16. The van der Waals surface area contributed by atoms with Gasteiger partial charge in [-0.1, -0.05) is 6.92 Å². The molecule has 0 radical (unpaired) electrons. The molecule has 9 rings (SSSR count). The van der Waals surface area contributed by atoms with Gasteiger partial charge < -0.3 is 229 Å². The van der Waals surface area contributed by atoms with Gasteiger partial charge >= 0.3 is 5.97 Å². The van der Waals surface area contributed by atoms with Crippen LogP contribution in [0, 0.1) is 5.92 Å². The average molecular weight is 1710 g/mol.